The maximum absolute atomic E-state index is 12.2. The number of benzene rings is 1. The minimum atomic E-state index is -0.266. The van der Waals surface area contributed by atoms with E-state index in [1.807, 2.05) is 61.6 Å². The third kappa shape index (κ3) is 2.50. The van der Waals surface area contributed by atoms with E-state index in [1.165, 1.54) is 0 Å². The lowest BCUT2D eigenvalue weighted by Gasteiger charge is -2.15. The van der Waals surface area contributed by atoms with Crippen molar-refractivity contribution in [2.45, 2.75) is 25.1 Å². The Morgan fingerprint density at radius 1 is 1.25 bits per heavy atom. The van der Waals surface area contributed by atoms with Crippen LogP contribution >= 0.6 is 0 Å². The molecular formula is C16H16N2O2. The van der Waals surface area contributed by atoms with Crippen LogP contribution in [0, 0.1) is 0 Å². The molecule has 102 valence electrons. The fourth-order valence-electron chi connectivity index (χ4n) is 2.29. The van der Waals surface area contributed by atoms with E-state index in [9.17, 15) is 4.79 Å². The SMILES string of the molecule is CC(NC(=O)C1=NC2C=CC=CC2O1)c1ccccc1. The van der Waals surface area contributed by atoms with Gasteiger partial charge in [0.1, 0.15) is 12.1 Å². The van der Waals surface area contributed by atoms with Crippen molar-refractivity contribution in [2.75, 3.05) is 0 Å². The number of hydrogen-bond acceptors (Lipinski definition) is 3. The van der Waals surface area contributed by atoms with Crippen molar-refractivity contribution in [3.63, 3.8) is 0 Å². The van der Waals surface area contributed by atoms with Crippen molar-refractivity contribution in [3.05, 3.63) is 60.2 Å². The Bertz CT molecular complexity index is 590. The zero-order valence-electron chi connectivity index (χ0n) is 11.2. The van der Waals surface area contributed by atoms with Crippen molar-refractivity contribution in [1.82, 2.24) is 5.32 Å². The van der Waals surface area contributed by atoms with Gasteiger partial charge < -0.3 is 10.1 Å². The second-order valence-electron chi connectivity index (χ2n) is 4.88. The first kappa shape index (κ1) is 12.7. The van der Waals surface area contributed by atoms with E-state index < -0.39 is 0 Å². The fourth-order valence-corrected chi connectivity index (χ4v) is 2.29. The Kier molecular flexibility index (Phi) is 3.37. The summed E-state index contributed by atoms with van der Waals surface area (Å²) in [5.74, 6) is -0.100. The number of carbonyl (C=O) groups is 1. The van der Waals surface area contributed by atoms with E-state index in [-0.39, 0.29) is 30.0 Å². The van der Waals surface area contributed by atoms with Gasteiger partial charge in [0.25, 0.3) is 5.90 Å². The number of hydrogen-bond donors (Lipinski definition) is 1. The fraction of sp³-hybridized carbons (Fsp3) is 0.250. The van der Waals surface area contributed by atoms with Crippen molar-refractivity contribution >= 4 is 11.8 Å². The molecule has 0 saturated carbocycles. The van der Waals surface area contributed by atoms with E-state index in [4.69, 9.17) is 4.74 Å². The number of rotatable bonds is 3. The van der Waals surface area contributed by atoms with Crippen LogP contribution in [0.3, 0.4) is 0 Å². The third-order valence-corrected chi connectivity index (χ3v) is 3.41. The summed E-state index contributed by atoms with van der Waals surface area (Å²) in [7, 11) is 0. The molecule has 1 aromatic carbocycles. The van der Waals surface area contributed by atoms with Gasteiger partial charge in [-0.15, -0.1) is 0 Å². The molecule has 3 atom stereocenters. The molecule has 1 aromatic rings. The Morgan fingerprint density at radius 3 is 2.75 bits per heavy atom. The first-order valence-corrected chi connectivity index (χ1v) is 6.69. The molecule has 20 heavy (non-hydrogen) atoms. The molecule has 0 radical (unpaired) electrons. The summed E-state index contributed by atoms with van der Waals surface area (Å²) in [5.41, 5.74) is 1.05. The first-order valence-electron chi connectivity index (χ1n) is 6.69. The van der Waals surface area contributed by atoms with Crippen molar-refractivity contribution in [2.24, 2.45) is 4.99 Å². The van der Waals surface area contributed by atoms with Crippen molar-refractivity contribution in [3.8, 4) is 0 Å². The van der Waals surface area contributed by atoms with Gasteiger partial charge in [0.2, 0.25) is 0 Å². The van der Waals surface area contributed by atoms with Crippen LogP contribution in [0.1, 0.15) is 18.5 Å². The highest BCUT2D eigenvalue weighted by molar-refractivity contribution is 6.35. The smallest absolute Gasteiger partial charge is 0.306 e. The molecule has 1 amide bonds. The molecule has 1 N–H and O–H groups in total. The quantitative estimate of drug-likeness (QED) is 0.913. The van der Waals surface area contributed by atoms with Gasteiger partial charge in [-0.1, -0.05) is 48.6 Å². The highest BCUT2D eigenvalue weighted by Gasteiger charge is 2.32. The van der Waals surface area contributed by atoms with Crippen LogP contribution in [0.15, 0.2) is 59.6 Å². The average Bonchev–Trinajstić information content (AvgIpc) is 2.92. The molecule has 2 aliphatic rings. The molecule has 3 rings (SSSR count). The Morgan fingerprint density at radius 2 is 2.00 bits per heavy atom. The normalized spacial score (nSPS) is 24.6. The number of nitrogens with zero attached hydrogens (tertiary/aromatic N) is 1. The standard InChI is InChI=1S/C16H16N2O2/c1-11(12-7-3-2-4-8-12)17-15(19)16-18-13-9-5-6-10-14(13)20-16/h2-11,13-14H,1H3,(H,17,19). The lowest BCUT2D eigenvalue weighted by molar-refractivity contribution is -0.116. The Balaban J connectivity index is 1.66. The maximum Gasteiger partial charge on any atom is 0.306 e. The molecule has 1 aliphatic carbocycles. The zero-order chi connectivity index (χ0) is 13.9. The molecule has 4 nitrogen and oxygen atoms in total. The average molecular weight is 268 g/mol. The van der Waals surface area contributed by atoms with Gasteiger partial charge in [-0.2, -0.15) is 0 Å². The highest BCUT2D eigenvalue weighted by Crippen LogP contribution is 2.20. The molecule has 1 heterocycles. The number of fused-ring (bicyclic) bond motifs is 1. The predicted molar refractivity (Wildman–Crippen MR) is 77.4 cm³/mol. The first-order chi connectivity index (χ1) is 9.74. The summed E-state index contributed by atoms with van der Waals surface area (Å²) in [4.78, 5) is 16.5. The van der Waals surface area contributed by atoms with Crippen LogP contribution in [0.5, 0.6) is 0 Å². The van der Waals surface area contributed by atoms with E-state index >= 15 is 0 Å². The van der Waals surface area contributed by atoms with Crippen LogP contribution in [-0.2, 0) is 9.53 Å². The van der Waals surface area contributed by atoms with Crippen molar-refractivity contribution < 1.29 is 9.53 Å². The molecule has 1 aliphatic heterocycles. The molecular weight excluding hydrogens is 252 g/mol. The van der Waals surface area contributed by atoms with Gasteiger partial charge in [0.15, 0.2) is 0 Å². The van der Waals surface area contributed by atoms with Gasteiger partial charge in [-0.25, -0.2) is 4.99 Å². The second kappa shape index (κ2) is 5.33. The van der Waals surface area contributed by atoms with Crippen LogP contribution < -0.4 is 5.32 Å². The molecule has 0 bridgehead atoms. The van der Waals surface area contributed by atoms with E-state index in [2.05, 4.69) is 10.3 Å². The van der Waals surface area contributed by atoms with Gasteiger partial charge in [-0.3, -0.25) is 4.79 Å². The number of aliphatic imine (C=N–C) groups is 1. The largest absolute Gasteiger partial charge is 0.464 e. The topological polar surface area (TPSA) is 50.7 Å². The molecule has 0 aromatic heterocycles. The molecule has 4 heteroatoms. The van der Waals surface area contributed by atoms with Crippen LogP contribution in [0.4, 0.5) is 0 Å². The minimum Gasteiger partial charge on any atom is -0.464 e. The third-order valence-electron chi connectivity index (χ3n) is 3.41. The van der Waals surface area contributed by atoms with Gasteiger partial charge in [0, 0.05) is 0 Å². The number of amides is 1. The van der Waals surface area contributed by atoms with E-state index in [0.717, 1.165) is 5.56 Å². The van der Waals surface area contributed by atoms with Gasteiger partial charge >= 0.3 is 5.91 Å². The Labute approximate surface area is 117 Å². The summed E-state index contributed by atoms with van der Waals surface area (Å²) in [5, 5.41) is 2.90. The van der Waals surface area contributed by atoms with Crippen molar-refractivity contribution in [1.29, 1.82) is 0 Å². The van der Waals surface area contributed by atoms with E-state index in [0.29, 0.717) is 0 Å². The summed E-state index contributed by atoms with van der Waals surface area (Å²) < 4.78 is 5.56. The highest BCUT2D eigenvalue weighted by atomic mass is 16.5. The number of carbonyl (C=O) groups excluding carboxylic acids is 1. The number of allylic oxidation sites excluding steroid dienone is 2. The number of ether oxygens (including phenoxy) is 1. The van der Waals surface area contributed by atoms with Gasteiger partial charge in [0.05, 0.1) is 6.04 Å². The summed E-state index contributed by atoms with van der Waals surface area (Å²) >= 11 is 0. The molecule has 0 spiro atoms. The lowest BCUT2D eigenvalue weighted by Crippen LogP contribution is -2.34. The molecule has 3 unspecified atom stereocenters. The van der Waals surface area contributed by atoms with Gasteiger partial charge in [-0.05, 0) is 18.6 Å². The van der Waals surface area contributed by atoms with E-state index in [1.54, 1.807) is 0 Å². The second-order valence-corrected chi connectivity index (χ2v) is 4.88. The summed E-state index contributed by atoms with van der Waals surface area (Å²) in [6, 6.07) is 9.65. The zero-order valence-corrected chi connectivity index (χ0v) is 11.2. The predicted octanol–water partition coefficient (Wildman–Crippen LogP) is 2.16. The minimum absolute atomic E-state index is 0.0761. The van der Waals surface area contributed by atoms with Crippen LogP contribution in [-0.4, -0.2) is 24.0 Å². The summed E-state index contributed by atoms with van der Waals surface area (Å²) in [6.45, 7) is 1.94. The van der Waals surface area contributed by atoms with Crippen LogP contribution in [0.2, 0.25) is 0 Å². The molecule has 0 fully saturated rings. The maximum atomic E-state index is 12.2. The van der Waals surface area contributed by atoms with Crippen LogP contribution in [0.25, 0.3) is 0 Å². The molecule has 0 saturated heterocycles. The number of nitrogens with one attached hydrogen (secondary N) is 1. The monoisotopic (exact) mass is 268 g/mol. The Hall–Kier alpha value is -2.36. The summed E-state index contributed by atoms with van der Waals surface area (Å²) in [6.07, 6.45) is 7.53. The lowest BCUT2D eigenvalue weighted by atomic mass is 10.1.